The Labute approximate surface area is 195 Å². The molecule has 1 fully saturated rings. The summed E-state index contributed by atoms with van der Waals surface area (Å²) in [6.45, 7) is 2.14. The smallest absolute Gasteiger partial charge is 0.300 e. The van der Waals surface area contributed by atoms with Crippen LogP contribution in [0, 0.1) is 0 Å². The van der Waals surface area contributed by atoms with Crippen LogP contribution in [0.3, 0.4) is 0 Å². The molecule has 1 amide bonds. The van der Waals surface area contributed by atoms with Gasteiger partial charge >= 0.3 is 0 Å². The molecule has 0 radical (unpaired) electrons. The number of halogens is 1. The van der Waals surface area contributed by atoms with E-state index in [1.807, 2.05) is 24.3 Å². The van der Waals surface area contributed by atoms with Crippen molar-refractivity contribution in [2.75, 3.05) is 4.90 Å². The normalized spacial score (nSPS) is 17.7. The van der Waals surface area contributed by atoms with Crippen molar-refractivity contribution in [2.45, 2.75) is 32.2 Å². The molecule has 0 bridgehead atoms. The van der Waals surface area contributed by atoms with E-state index in [2.05, 4.69) is 27.8 Å². The highest BCUT2D eigenvalue weighted by molar-refractivity contribution is 9.10. The van der Waals surface area contributed by atoms with Crippen LogP contribution in [-0.2, 0) is 16.0 Å². The van der Waals surface area contributed by atoms with Gasteiger partial charge in [0.1, 0.15) is 11.8 Å². The number of aliphatic hydroxyl groups excluding tert-OH is 1. The molecule has 0 saturated carbocycles. The number of aliphatic hydroxyl groups is 1. The van der Waals surface area contributed by atoms with Gasteiger partial charge in [-0.2, -0.15) is 0 Å². The van der Waals surface area contributed by atoms with Crippen molar-refractivity contribution >= 4 is 39.1 Å². The zero-order chi connectivity index (χ0) is 22.7. The molecular formula is C26H23BrN2O3. The molecule has 4 rings (SSSR count). The van der Waals surface area contributed by atoms with Gasteiger partial charge in [-0.15, -0.1) is 0 Å². The van der Waals surface area contributed by atoms with Gasteiger partial charge in [0.25, 0.3) is 11.7 Å². The zero-order valence-electron chi connectivity index (χ0n) is 17.7. The number of aromatic nitrogens is 1. The maximum absolute atomic E-state index is 13.1. The third-order valence-corrected chi connectivity index (χ3v) is 6.09. The van der Waals surface area contributed by atoms with Crippen molar-refractivity contribution in [3.63, 3.8) is 0 Å². The van der Waals surface area contributed by atoms with Gasteiger partial charge in [0, 0.05) is 21.9 Å². The molecule has 5 nitrogen and oxygen atoms in total. The Morgan fingerprint density at radius 2 is 1.75 bits per heavy atom. The number of benzene rings is 2. The predicted molar refractivity (Wildman–Crippen MR) is 128 cm³/mol. The topological polar surface area (TPSA) is 70.5 Å². The summed E-state index contributed by atoms with van der Waals surface area (Å²) in [5.41, 5.74) is 2.78. The summed E-state index contributed by atoms with van der Waals surface area (Å²) >= 11 is 3.37. The van der Waals surface area contributed by atoms with E-state index < -0.39 is 17.7 Å². The molecule has 1 unspecified atom stereocenters. The number of Topliss-reactive ketones (excluding diaryl/α,β-unsaturated/α-hetero) is 1. The van der Waals surface area contributed by atoms with Gasteiger partial charge in [-0.05, 0) is 54.8 Å². The first-order chi connectivity index (χ1) is 15.5. The van der Waals surface area contributed by atoms with Crippen LogP contribution >= 0.6 is 15.9 Å². The third-order valence-electron chi connectivity index (χ3n) is 5.56. The molecule has 32 heavy (non-hydrogen) atoms. The van der Waals surface area contributed by atoms with Gasteiger partial charge in [-0.3, -0.25) is 19.5 Å². The summed E-state index contributed by atoms with van der Waals surface area (Å²) in [5.74, 6) is -1.62. The van der Waals surface area contributed by atoms with Crippen molar-refractivity contribution in [1.29, 1.82) is 0 Å². The predicted octanol–water partition coefficient (Wildman–Crippen LogP) is 5.81. The molecule has 1 atom stereocenters. The van der Waals surface area contributed by atoms with Gasteiger partial charge in [0.2, 0.25) is 0 Å². The number of carbonyl (C=O) groups is 2. The number of aryl methyl sites for hydroxylation is 1. The minimum Gasteiger partial charge on any atom is -0.507 e. The van der Waals surface area contributed by atoms with Crippen LogP contribution in [0.25, 0.3) is 5.76 Å². The maximum Gasteiger partial charge on any atom is 0.300 e. The second-order valence-corrected chi connectivity index (χ2v) is 8.62. The minimum atomic E-state index is -0.818. The molecule has 3 aromatic rings. The summed E-state index contributed by atoms with van der Waals surface area (Å²) < 4.78 is 0.846. The van der Waals surface area contributed by atoms with Gasteiger partial charge < -0.3 is 5.11 Å². The number of hydrogen-bond donors (Lipinski definition) is 1. The van der Waals surface area contributed by atoms with E-state index in [1.54, 1.807) is 48.7 Å². The summed E-state index contributed by atoms with van der Waals surface area (Å²) in [7, 11) is 0. The number of unbranched alkanes of at least 4 members (excludes halogenated alkanes) is 1. The zero-order valence-corrected chi connectivity index (χ0v) is 19.2. The molecule has 1 aromatic heterocycles. The highest BCUT2D eigenvalue weighted by atomic mass is 79.9. The number of hydrogen-bond acceptors (Lipinski definition) is 4. The van der Waals surface area contributed by atoms with Crippen molar-refractivity contribution in [1.82, 2.24) is 4.98 Å². The Bertz CT molecular complexity index is 1160. The Morgan fingerprint density at radius 1 is 1.03 bits per heavy atom. The maximum atomic E-state index is 13.1. The molecule has 162 valence electrons. The summed E-state index contributed by atoms with van der Waals surface area (Å²) in [6.07, 6.45) is 4.77. The fourth-order valence-electron chi connectivity index (χ4n) is 3.88. The highest BCUT2D eigenvalue weighted by Crippen LogP contribution is 2.41. The van der Waals surface area contributed by atoms with E-state index in [0.29, 0.717) is 16.9 Å². The number of amides is 1. The van der Waals surface area contributed by atoms with E-state index in [9.17, 15) is 14.7 Å². The number of carbonyl (C=O) groups excluding carboxylic acids is 2. The molecule has 2 heterocycles. The van der Waals surface area contributed by atoms with Gasteiger partial charge in [-0.25, -0.2) is 0 Å². The van der Waals surface area contributed by atoms with Crippen molar-refractivity contribution in [3.8, 4) is 0 Å². The van der Waals surface area contributed by atoms with Gasteiger partial charge in [0.15, 0.2) is 0 Å². The fraction of sp³-hybridized carbons (Fsp3) is 0.192. The van der Waals surface area contributed by atoms with Gasteiger partial charge in [0.05, 0.1) is 11.3 Å². The second-order valence-electron chi connectivity index (χ2n) is 7.70. The first-order valence-corrected chi connectivity index (χ1v) is 11.4. The summed E-state index contributed by atoms with van der Waals surface area (Å²) in [6, 6.07) is 19.1. The van der Waals surface area contributed by atoms with E-state index in [4.69, 9.17) is 0 Å². The lowest BCUT2D eigenvalue weighted by molar-refractivity contribution is -0.132. The van der Waals surface area contributed by atoms with Crippen LogP contribution in [0.4, 0.5) is 5.69 Å². The highest BCUT2D eigenvalue weighted by Gasteiger charge is 2.47. The van der Waals surface area contributed by atoms with Crippen molar-refractivity contribution in [2.24, 2.45) is 0 Å². The minimum absolute atomic E-state index is 0.0334. The van der Waals surface area contributed by atoms with Crippen LogP contribution in [0.1, 0.15) is 42.6 Å². The lowest BCUT2D eigenvalue weighted by atomic mass is 9.98. The average molecular weight is 491 g/mol. The molecule has 1 aliphatic heterocycles. The Hall–Kier alpha value is -3.25. The largest absolute Gasteiger partial charge is 0.507 e. The van der Waals surface area contributed by atoms with Crippen LogP contribution in [0.15, 0.2) is 83.0 Å². The standard InChI is InChI=1S/C26H23BrN2O3/c1-2-3-6-17-8-14-20(15-9-17)29-23(21-7-4-5-16-28-21)22(25(31)26(29)32)24(30)18-10-12-19(27)13-11-18/h4-5,7-16,23,30H,2-3,6H2,1H3/b24-22-. The fourth-order valence-corrected chi connectivity index (χ4v) is 4.15. The molecule has 2 aromatic carbocycles. The molecule has 1 saturated heterocycles. The van der Waals surface area contributed by atoms with Crippen LogP contribution in [0.2, 0.25) is 0 Å². The van der Waals surface area contributed by atoms with E-state index in [0.717, 1.165) is 23.7 Å². The van der Waals surface area contributed by atoms with E-state index in [1.165, 1.54) is 10.5 Å². The number of anilines is 1. The molecule has 0 spiro atoms. The number of ketones is 1. The molecule has 1 N–H and O–H groups in total. The molecule has 1 aliphatic rings. The Balaban J connectivity index is 1.83. The average Bonchev–Trinajstić information content (AvgIpc) is 3.09. The van der Waals surface area contributed by atoms with Gasteiger partial charge in [-0.1, -0.05) is 59.6 Å². The summed E-state index contributed by atoms with van der Waals surface area (Å²) in [4.78, 5) is 32.1. The molecular weight excluding hydrogens is 468 g/mol. The lowest BCUT2D eigenvalue weighted by Gasteiger charge is -2.24. The quantitative estimate of drug-likeness (QED) is 0.268. The third kappa shape index (κ3) is 4.23. The van der Waals surface area contributed by atoms with Crippen molar-refractivity contribution < 1.29 is 14.7 Å². The molecule has 6 heteroatoms. The van der Waals surface area contributed by atoms with Crippen LogP contribution in [-0.4, -0.2) is 21.8 Å². The SMILES string of the molecule is CCCCc1ccc(N2C(=O)C(=O)/C(=C(\O)c3ccc(Br)cc3)C2c2ccccn2)cc1. The second kappa shape index (κ2) is 9.49. The Morgan fingerprint density at radius 3 is 2.38 bits per heavy atom. The summed E-state index contributed by atoms with van der Waals surface area (Å²) in [5, 5.41) is 11.1. The van der Waals surface area contributed by atoms with Crippen LogP contribution < -0.4 is 4.90 Å². The van der Waals surface area contributed by atoms with E-state index >= 15 is 0 Å². The monoisotopic (exact) mass is 490 g/mol. The van der Waals surface area contributed by atoms with Crippen LogP contribution in [0.5, 0.6) is 0 Å². The first-order valence-electron chi connectivity index (χ1n) is 10.6. The van der Waals surface area contributed by atoms with E-state index in [-0.39, 0.29) is 11.3 Å². The number of nitrogens with zero attached hydrogens (tertiary/aromatic N) is 2. The number of rotatable bonds is 6. The lowest BCUT2D eigenvalue weighted by Crippen LogP contribution is -2.29. The molecule has 0 aliphatic carbocycles. The van der Waals surface area contributed by atoms with Crippen molar-refractivity contribution in [3.05, 3.63) is 99.8 Å². The Kier molecular flexibility index (Phi) is 6.51. The first kappa shape index (κ1) is 22.0. The number of pyridine rings is 1.